The van der Waals surface area contributed by atoms with Gasteiger partial charge in [0.2, 0.25) is 0 Å². The number of H-pyrrole nitrogens is 1. The van der Waals surface area contributed by atoms with Crippen LogP contribution in [0.3, 0.4) is 0 Å². The van der Waals surface area contributed by atoms with E-state index in [0.717, 1.165) is 11.4 Å². The van der Waals surface area contributed by atoms with E-state index in [1.807, 2.05) is 24.3 Å². The first-order valence-corrected chi connectivity index (χ1v) is 10.5. The Labute approximate surface area is 186 Å². The van der Waals surface area contributed by atoms with Gasteiger partial charge >= 0.3 is 0 Å². The van der Waals surface area contributed by atoms with Gasteiger partial charge in [-0.3, -0.25) is 14.5 Å². The lowest BCUT2D eigenvalue weighted by Gasteiger charge is -2.17. The second-order valence-electron chi connectivity index (χ2n) is 7.58. The first-order valence-electron chi connectivity index (χ1n) is 10.5. The molecule has 3 heterocycles. The highest BCUT2D eigenvalue weighted by molar-refractivity contribution is 5.98. The summed E-state index contributed by atoms with van der Waals surface area (Å²) in [6.45, 7) is 2.82. The van der Waals surface area contributed by atoms with Crippen LogP contribution in [0.15, 0.2) is 47.5 Å². The molecule has 3 aromatic rings. The Bertz CT molecular complexity index is 1140. The first-order chi connectivity index (χ1) is 15.6. The molecule has 0 atom stereocenters. The normalized spacial score (nSPS) is 13.8. The number of aromatic nitrogens is 3. The van der Waals surface area contributed by atoms with Gasteiger partial charge in [0.25, 0.3) is 11.5 Å². The van der Waals surface area contributed by atoms with Gasteiger partial charge in [-0.2, -0.15) is 0 Å². The van der Waals surface area contributed by atoms with Crippen molar-refractivity contribution in [3.8, 4) is 11.5 Å². The molecule has 9 nitrogen and oxygen atoms in total. The summed E-state index contributed by atoms with van der Waals surface area (Å²) in [7, 11) is 3.07. The fourth-order valence-electron chi connectivity index (χ4n) is 4.07. The van der Waals surface area contributed by atoms with E-state index < -0.39 is 0 Å². The number of fused-ring (bicyclic) bond motifs is 1. The third-order valence-electron chi connectivity index (χ3n) is 5.69. The zero-order valence-corrected chi connectivity index (χ0v) is 18.3. The van der Waals surface area contributed by atoms with Gasteiger partial charge in [0, 0.05) is 62.3 Å². The Morgan fingerprint density at radius 2 is 1.97 bits per heavy atom. The van der Waals surface area contributed by atoms with Crippen LogP contribution in [0.4, 0.5) is 0 Å². The standard InChI is InChI=1S/C23H27N5O4/c1-31-18-6-4-3-5-16(18)14-26-23(30)22-17-7-10-27(15-20-24-8-9-25-20)11-12-28(17)21(29)13-19(22)32-2/h3-6,8-9,13H,7,10-12,14-15H2,1-2H3,(H,24,25)(H,26,30). The van der Waals surface area contributed by atoms with E-state index >= 15 is 0 Å². The monoisotopic (exact) mass is 437 g/mol. The quantitative estimate of drug-likeness (QED) is 0.582. The number of para-hydroxylation sites is 1. The van der Waals surface area contributed by atoms with E-state index in [9.17, 15) is 9.59 Å². The number of nitrogens with zero attached hydrogens (tertiary/aromatic N) is 3. The van der Waals surface area contributed by atoms with Crippen LogP contribution in [-0.2, 0) is 26.1 Å². The second-order valence-corrected chi connectivity index (χ2v) is 7.58. The molecule has 32 heavy (non-hydrogen) atoms. The smallest absolute Gasteiger partial charge is 0.257 e. The third-order valence-corrected chi connectivity index (χ3v) is 5.69. The van der Waals surface area contributed by atoms with Crippen molar-refractivity contribution in [1.82, 2.24) is 24.8 Å². The number of carbonyl (C=O) groups is 1. The number of ether oxygens (including phenoxy) is 2. The number of amides is 1. The van der Waals surface area contributed by atoms with E-state index in [2.05, 4.69) is 20.2 Å². The number of pyridine rings is 1. The van der Waals surface area contributed by atoms with E-state index in [1.165, 1.54) is 13.2 Å². The molecule has 1 aromatic carbocycles. The van der Waals surface area contributed by atoms with E-state index in [1.54, 1.807) is 24.1 Å². The molecule has 0 bridgehead atoms. The van der Waals surface area contributed by atoms with Crippen molar-refractivity contribution in [3.05, 3.63) is 75.7 Å². The predicted molar refractivity (Wildman–Crippen MR) is 119 cm³/mol. The molecule has 0 aliphatic carbocycles. The van der Waals surface area contributed by atoms with Crippen molar-refractivity contribution < 1.29 is 14.3 Å². The average molecular weight is 438 g/mol. The Morgan fingerprint density at radius 3 is 2.72 bits per heavy atom. The van der Waals surface area contributed by atoms with Gasteiger partial charge in [-0.05, 0) is 6.07 Å². The number of hydrogen-bond acceptors (Lipinski definition) is 6. The van der Waals surface area contributed by atoms with Gasteiger partial charge in [-0.15, -0.1) is 0 Å². The zero-order valence-electron chi connectivity index (χ0n) is 18.3. The number of nitrogens with one attached hydrogen (secondary N) is 2. The summed E-state index contributed by atoms with van der Waals surface area (Å²) in [5, 5.41) is 2.96. The van der Waals surface area contributed by atoms with Crippen LogP contribution >= 0.6 is 0 Å². The van der Waals surface area contributed by atoms with Crippen molar-refractivity contribution in [2.24, 2.45) is 0 Å². The van der Waals surface area contributed by atoms with Gasteiger partial charge < -0.3 is 24.3 Å². The lowest BCUT2D eigenvalue weighted by atomic mass is 10.1. The summed E-state index contributed by atoms with van der Waals surface area (Å²) < 4.78 is 12.5. The molecular weight excluding hydrogens is 410 g/mol. The van der Waals surface area contributed by atoms with Crippen LogP contribution in [0.5, 0.6) is 11.5 Å². The Balaban J connectivity index is 1.59. The van der Waals surface area contributed by atoms with Crippen LogP contribution < -0.4 is 20.3 Å². The van der Waals surface area contributed by atoms with Gasteiger partial charge in [0.15, 0.2) is 0 Å². The average Bonchev–Trinajstić information content (AvgIpc) is 3.23. The Hall–Kier alpha value is -3.59. The fraction of sp³-hybridized carbons (Fsp3) is 0.348. The van der Waals surface area contributed by atoms with Crippen molar-refractivity contribution in [2.45, 2.75) is 26.1 Å². The highest BCUT2D eigenvalue weighted by Gasteiger charge is 2.25. The molecule has 4 rings (SSSR count). The van der Waals surface area contributed by atoms with E-state index in [-0.39, 0.29) is 11.5 Å². The predicted octanol–water partition coefficient (Wildman–Crippen LogP) is 1.58. The summed E-state index contributed by atoms with van der Waals surface area (Å²) >= 11 is 0. The molecule has 168 valence electrons. The number of aromatic amines is 1. The van der Waals surface area contributed by atoms with Crippen molar-refractivity contribution in [2.75, 3.05) is 27.3 Å². The largest absolute Gasteiger partial charge is 0.496 e. The summed E-state index contributed by atoms with van der Waals surface area (Å²) in [6.07, 6.45) is 4.06. The van der Waals surface area contributed by atoms with Crippen LogP contribution in [0.1, 0.15) is 27.4 Å². The van der Waals surface area contributed by atoms with Crippen LogP contribution in [0.25, 0.3) is 0 Å². The van der Waals surface area contributed by atoms with Gasteiger partial charge in [0.1, 0.15) is 22.9 Å². The molecule has 1 amide bonds. The molecule has 1 aliphatic heterocycles. The molecule has 0 saturated heterocycles. The Morgan fingerprint density at radius 1 is 1.16 bits per heavy atom. The minimum atomic E-state index is -0.281. The zero-order chi connectivity index (χ0) is 22.5. The van der Waals surface area contributed by atoms with Gasteiger partial charge in [-0.25, -0.2) is 4.98 Å². The molecule has 9 heteroatoms. The van der Waals surface area contributed by atoms with E-state index in [4.69, 9.17) is 9.47 Å². The van der Waals surface area contributed by atoms with E-state index in [0.29, 0.717) is 61.9 Å². The van der Waals surface area contributed by atoms with Crippen molar-refractivity contribution in [3.63, 3.8) is 0 Å². The van der Waals surface area contributed by atoms with Gasteiger partial charge in [0.05, 0.1) is 20.8 Å². The number of carbonyl (C=O) groups excluding carboxylic acids is 1. The molecule has 0 spiro atoms. The topological polar surface area (TPSA) is 101 Å². The second kappa shape index (κ2) is 9.69. The minimum absolute atomic E-state index is 0.169. The maximum atomic E-state index is 13.3. The molecular formula is C23H27N5O4. The minimum Gasteiger partial charge on any atom is -0.496 e. The molecule has 2 aromatic heterocycles. The summed E-state index contributed by atoms with van der Waals surface area (Å²) in [6, 6.07) is 8.92. The maximum Gasteiger partial charge on any atom is 0.257 e. The lowest BCUT2D eigenvalue weighted by molar-refractivity contribution is 0.0945. The molecule has 0 fully saturated rings. The number of benzene rings is 1. The number of rotatable bonds is 7. The number of methoxy groups -OCH3 is 2. The van der Waals surface area contributed by atoms with Crippen LogP contribution in [0, 0.1) is 0 Å². The molecule has 0 saturated carbocycles. The van der Waals surface area contributed by atoms with Crippen molar-refractivity contribution in [1.29, 1.82) is 0 Å². The fourth-order valence-corrected chi connectivity index (χ4v) is 4.07. The van der Waals surface area contributed by atoms with Crippen LogP contribution in [0.2, 0.25) is 0 Å². The van der Waals surface area contributed by atoms with Crippen molar-refractivity contribution >= 4 is 5.91 Å². The van der Waals surface area contributed by atoms with Crippen LogP contribution in [-0.4, -0.2) is 52.7 Å². The highest BCUT2D eigenvalue weighted by atomic mass is 16.5. The maximum absolute atomic E-state index is 13.3. The SMILES string of the molecule is COc1ccccc1CNC(=O)c1c(OC)cc(=O)n2c1CCN(Cc1ncc[nH]1)CC2. The lowest BCUT2D eigenvalue weighted by Crippen LogP contribution is -2.31. The molecule has 1 aliphatic rings. The highest BCUT2D eigenvalue weighted by Crippen LogP contribution is 2.24. The number of hydrogen-bond donors (Lipinski definition) is 2. The number of imidazole rings is 1. The summed E-state index contributed by atoms with van der Waals surface area (Å²) in [5.74, 6) is 1.58. The molecule has 0 radical (unpaired) electrons. The third kappa shape index (κ3) is 4.52. The summed E-state index contributed by atoms with van der Waals surface area (Å²) in [5.41, 5.74) is 1.79. The first kappa shape index (κ1) is 21.6. The Kier molecular flexibility index (Phi) is 6.55. The summed E-state index contributed by atoms with van der Waals surface area (Å²) in [4.78, 5) is 35.6. The van der Waals surface area contributed by atoms with Gasteiger partial charge in [-0.1, -0.05) is 18.2 Å². The molecule has 0 unspecified atom stereocenters. The molecule has 2 N–H and O–H groups in total.